The van der Waals surface area contributed by atoms with Gasteiger partial charge in [0.25, 0.3) is 0 Å². The molecule has 3 heteroatoms. The van der Waals surface area contributed by atoms with Crippen LogP contribution in [0.5, 0.6) is 0 Å². The molecule has 0 radical (unpaired) electrons. The Bertz CT molecular complexity index is 1200. The SMILES string of the molecule is CC(=O)O[C@H]1CC[C@]2(C)C(=CC[C@H]3[C@H]4C[C@@H](c5ccccc5)[C@H](C(=O)c5ccccc5)[C@]4(C)CC[C@@H]32)C1. The molecule has 8 atom stereocenters. The number of hydrogen-bond donors (Lipinski definition) is 0. The molecule has 3 fully saturated rings. The minimum Gasteiger partial charge on any atom is -0.462 e. The molecule has 0 amide bonds. The number of rotatable bonds is 4. The van der Waals surface area contributed by atoms with Crippen molar-refractivity contribution in [3.05, 3.63) is 83.4 Å². The number of carbonyl (C=O) groups excluding carboxylic acids is 2. The van der Waals surface area contributed by atoms with Crippen molar-refractivity contribution in [1.82, 2.24) is 0 Å². The first-order valence-electron chi connectivity index (χ1n) is 14.3. The Morgan fingerprint density at radius 1 is 0.892 bits per heavy atom. The van der Waals surface area contributed by atoms with E-state index in [-0.39, 0.29) is 34.7 Å². The van der Waals surface area contributed by atoms with Crippen LogP contribution in [0.3, 0.4) is 0 Å². The molecule has 2 aromatic carbocycles. The maximum atomic E-state index is 14.2. The quantitative estimate of drug-likeness (QED) is 0.247. The number of benzene rings is 2. The van der Waals surface area contributed by atoms with E-state index in [1.165, 1.54) is 24.5 Å². The number of allylic oxidation sites excluding steroid dienone is 1. The van der Waals surface area contributed by atoms with Crippen LogP contribution in [0.4, 0.5) is 0 Å². The normalized spacial score (nSPS) is 38.5. The Kier molecular flexibility index (Phi) is 6.17. The molecule has 0 aromatic heterocycles. The van der Waals surface area contributed by atoms with Crippen LogP contribution in [0.15, 0.2) is 72.3 Å². The molecule has 3 nitrogen and oxygen atoms in total. The molecule has 4 aliphatic rings. The fourth-order valence-corrected chi connectivity index (χ4v) is 9.30. The second-order valence-corrected chi connectivity index (χ2v) is 12.7. The lowest BCUT2D eigenvalue weighted by atomic mass is 9.47. The molecular formula is C34H40O3. The van der Waals surface area contributed by atoms with Gasteiger partial charge < -0.3 is 4.74 Å². The van der Waals surface area contributed by atoms with Gasteiger partial charge in [-0.1, -0.05) is 86.2 Å². The molecule has 0 aliphatic heterocycles. The lowest BCUT2D eigenvalue weighted by molar-refractivity contribution is -0.148. The van der Waals surface area contributed by atoms with Crippen molar-refractivity contribution in [2.45, 2.75) is 77.7 Å². The summed E-state index contributed by atoms with van der Waals surface area (Å²) in [4.78, 5) is 25.8. The van der Waals surface area contributed by atoms with Crippen LogP contribution in [0, 0.1) is 34.5 Å². The van der Waals surface area contributed by atoms with Gasteiger partial charge in [0.2, 0.25) is 0 Å². The van der Waals surface area contributed by atoms with Crippen LogP contribution in [-0.4, -0.2) is 17.9 Å². The van der Waals surface area contributed by atoms with Crippen molar-refractivity contribution < 1.29 is 14.3 Å². The summed E-state index contributed by atoms with van der Waals surface area (Å²) in [5, 5.41) is 0. The summed E-state index contributed by atoms with van der Waals surface area (Å²) in [6, 6.07) is 20.8. The van der Waals surface area contributed by atoms with Gasteiger partial charge in [-0.25, -0.2) is 0 Å². The molecule has 4 aliphatic carbocycles. The summed E-state index contributed by atoms with van der Waals surface area (Å²) in [6.07, 6.45) is 9.97. The summed E-state index contributed by atoms with van der Waals surface area (Å²) < 4.78 is 5.63. The molecular weight excluding hydrogens is 456 g/mol. The lowest BCUT2D eigenvalue weighted by Gasteiger charge is -2.58. The summed E-state index contributed by atoms with van der Waals surface area (Å²) in [5.41, 5.74) is 3.89. The number of hydrogen-bond acceptors (Lipinski definition) is 3. The van der Waals surface area contributed by atoms with E-state index in [1.807, 2.05) is 30.3 Å². The third kappa shape index (κ3) is 4.01. The molecule has 2 aromatic rings. The van der Waals surface area contributed by atoms with Crippen molar-refractivity contribution in [1.29, 1.82) is 0 Å². The monoisotopic (exact) mass is 496 g/mol. The summed E-state index contributed by atoms with van der Waals surface area (Å²) in [5.74, 6) is 2.24. The maximum Gasteiger partial charge on any atom is 0.302 e. The van der Waals surface area contributed by atoms with E-state index in [9.17, 15) is 9.59 Å². The van der Waals surface area contributed by atoms with Gasteiger partial charge in [0.05, 0.1) is 0 Å². The van der Waals surface area contributed by atoms with Crippen LogP contribution in [0.25, 0.3) is 0 Å². The third-order valence-corrected chi connectivity index (χ3v) is 11.0. The van der Waals surface area contributed by atoms with Gasteiger partial charge in [-0.2, -0.15) is 0 Å². The second kappa shape index (κ2) is 9.26. The van der Waals surface area contributed by atoms with Gasteiger partial charge in [0, 0.05) is 24.8 Å². The Labute approximate surface area is 221 Å². The largest absolute Gasteiger partial charge is 0.462 e. The smallest absolute Gasteiger partial charge is 0.302 e. The minimum atomic E-state index is -0.164. The highest BCUT2D eigenvalue weighted by molar-refractivity contribution is 5.99. The van der Waals surface area contributed by atoms with Crippen molar-refractivity contribution >= 4 is 11.8 Å². The number of esters is 1. The van der Waals surface area contributed by atoms with Gasteiger partial charge in [-0.15, -0.1) is 0 Å². The van der Waals surface area contributed by atoms with Crippen molar-refractivity contribution in [2.75, 3.05) is 0 Å². The maximum absolute atomic E-state index is 14.2. The zero-order valence-corrected chi connectivity index (χ0v) is 22.5. The number of Topliss-reactive ketones (excluding diaryl/α,β-unsaturated/α-hetero) is 1. The van der Waals surface area contributed by atoms with Crippen molar-refractivity contribution in [2.24, 2.45) is 34.5 Å². The van der Waals surface area contributed by atoms with E-state index in [4.69, 9.17) is 4.74 Å². The first-order valence-corrected chi connectivity index (χ1v) is 14.3. The first kappa shape index (κ1) is 24.6. The predicted molar refractivity (Wildman–Crippen MR) is 146 cm³/mol. The first-order chi connectivity index (χ1) is 17.8. The van der Waals surface area contributed by atoms with Gasteiger partial charge in [-0.05, 0) is 78.6 Å². The summed E-state index contributed by atoms with van der Waals surface area (Å²) >= 11 is 0. The van der Waals surface area contributed by atoms with Gasteiger partial charge in [0.15, 0.2) is 5.78 Å². The van der Waals surface area contributed by atoms with Gasteiger partial charge in [-0.3, -0.25) is 9.59 Å². The van der Waals surface area contributed by atoms with Crippen LogP contribution >= 0.6 is 0 Å². The van der Waals surface area contributed by atoms with Crippen molar-refractivity contribution in [3.8, 4) is 0 Å². The van der Waals surface area contributed by atoms with Crippen molar-refractivity contribution in [3.63, 3.8) is 0 Å². The fraction of sp³-hybridized carbons (Fsp3) is 0.529. The molecule has 0 spiro atoms. The highest BCUT2D eigenvalue weighted by Gasteiger charge is 2.62. The third-order valence-electron chi connectivity index (χ3n) is 11.0. The zero-order valence-electron chi connectivity index (χ0n) is 22.5. The molecule has 0 bridgehead atoms. The summed E-state index contributed by atoms with van der Waals surface area (Å²) in [7, 11) is 0. The number of fused-ring (bicyclic) bond motifs is 5. The second-order valence-electron chi connectivity index (χ2n) is 12.7. The highest BCUT2D eigenvalue weighted by Crippen LogP contribution is 2.69. The fourth-order valence-electron chi connectivity index (χ4n) is 9.30. The molecule has 194 valence electrons. The van der Waals surface area contributed by atoms with E-state index >= 15 is 0 Å². The molecule has 0 N–H and O–H groups in total. The van der Waals surface area contributed by atoms with Crippen LogP contribution in [-0.2, 0) is 9.53 Å². The van der Waals surface area contributed by atoms with E-state index < -0.39 is 0 Å². The Morgan fingerprint density at radius 3 is 2.30 bits per heavy atom. The van der Waals surface area contributed by atoms with Crippen LogP contribution < -0.4 is 0 Å². The summed E-state index contributed by atoms with van der Waals surface area (Å²) in [6.45, 7) is 6.46. The number of carbonyl (C=O) groups is 2. The molecule has 0 saturated heterocycles. The molecule has 6 rings (SSSR count). The number of ketones is 1. The van der Waals surface area contributed by atoms with E-state index in [0.29, 0.717) is 23.5 Å². The Hall–Kier alpha value is -2.68. The van der Waals surface area contributed by atoms with Crippen LogP contribution in [0.2, 0.25) is 0 Å². The van der Waals surface area contributed by atoms with Crippen LogP contribution in [0.1, 0.15) is 87.6 Å². The highest BCUT2D eigenvalue weighted by atomic mass is 16.5. The molecule has 37 heavy (non-hydrogen) atoms. The average Bonchev–Trinajstić information content (AvgIpc) is 3.22. The predicted octanol–water partition coefficient (Wildman–Crippen LogP) is 7.77. The molecule has 0 heterocycles. The zero-order chi connectivity index (χ0) is 25.8. The van der Waals surface area contributed by atoms with Gasteiger partial charge in [0.1, 0.15) is 6.10 Å². The molecule has 3 saturated carbocycles. The minimum absolute atomic E-state index is 0.00520. The average molecular weight is 497 g/mol. The lowest BCUT2D eigenvalue weighted by Crippen LogP contribution is -2.51. The van der Waals surface area contributed by atoms with Gasteiger partial charge >= 0.3 is 5.97 Å². The topological polar surface area (TPSA) is 43.4 Å². The van der Waals surface area contributed by atoms with E-state index in [2.05, 4.69) is 50.3 Å². The van der Waals surface area contributed by atoms with E-state index in [1.54, 1.807) is 0 Å². The molecule has 0 unspecified atom stereocenters. The Morgan fingerprint density at radius 2 is 1.59 bits per heavy atom. The Balaban J connectivity index is 1.35. The standard InChI is InChI=1S/C34H40O3/c1-22(35)37-26-16-18-33(2)25(20-26)14-15-27-29(33)17-19-34(3)30(27)21-28(23-10-6-4-7-11-23)31(34)32(36)24-12-8-5-9-13-24/h4-14,26-31H,15-21H2,1-3H3/t26-,27+,28-,29-,30+,31+,33+,34+/m0/s1. The van der Waals surface area contributed by atoms with E-state index in [0.717, 1.165) is 44.1 Å². The number of ether oxygens (including phenoxy) is 1.